The van der Waals surface area contributed by atoms with E-state index in [0.29, 0.717) is 63.7 Å². The number of benzene rings is 4. The number of carbonyl (C=O) groups excluding carboxylic acids is 3. The molecule has 354 valence electrons. The molecule has 66 heavy (non-hydrogen) atoms. The van der Waals surface area contributed by atoms with E-state index >= 15 is 0 Å². The SMILES string of the molecule is CC1(C)CC(c2c(C(=O)[O-])c(C(=O)[O-])c(C3CC(C)(C)N(Cc4ccccc4)C(C)(C)C3)c(C3CC(C)(C)N(Cc4ccccc4)C(C)(C)C3)c2C(=O)[O-])CC(C)(C)N1Cc1ccccc1. The van der Waals surface area contributed by atoms with Gasteiger partial charge in [0.2, 0.25) is 0 Å². The average Bonchev–Trinajstić information content (AvgIpc) is 3.21. The van der Waals surface area contributed by atoms with Crippen molar-refractivity contribution in [3.8, 4) is 0 Å². The van der Waals surface area contributed by atoms with Gasteiger partial charge in [0, 0.05) is 69.6 Å². The van der Waals surface area contributed by atoms with E-state index in [1.54, 1.807) is 0 Å². The molecular formula is C57H72N3O6-3. The van der Waals surface area contributed by atoms with Gasteiger partial charge in [0.15, 0.2) is 0 Å². The highest BCUT2D eigenvalue weighted by Gasteiger charge is 2.52. The maximum atomic E-state index is 14.5. The molecule has 0 saturated carbocycles. The lowest BCUT2D eigenvalue weighted by Gasteiger charge is -2.58. The van der Waals surface area contributed by atoms with Crippen LogP contribution < -0.4 is 15.3 Å². The number of piperidine rings is 3. The first kappa shape index (κ1) is 49.1. The molecule has 0 spiro atoms. The van der Waals surface area contributed by atoms with E-state index in [1.807, 2.05) is 54.6 Å². The number of nitrogens with zero attached hydrogens (tertiary/aromatic N) is 3. The first-order chi connectivity index (χ1) is 30.7. The molecule has 0 unspecified atom stereocenters. The highest BCUT2D eigenvalue weighted by atomic mass is 16.4. The first-order valence-electron chi connectivity index (χ1n) is 24.0. The molecule has 9 heteroatoms. The van der Waals surface area contributed by atoms with Crippen LogP contribution >= 0.6 is 0 Å². The second kappa shape index (κ2) is 17.7. The third-order valence-corrected chi connectivity index (χ3v) is 15.9. The van der Waals surface area contributed by atoms with Crippen molar-refractivity contribution in [1.29, 1.82) is 0 Å². The predicted molar refractivity (Wildman–Crippen MR) is 256 cm³/mol. The largest absolute Gasteiger partial charge is 0.545 e. The molecule has 0 amide bonds. The molecule has 0 aliphatic carbocycles. The van der Waals surface area contributed by atoms with E-state index in [4.69, 9.17) is 0 Å². The fraction of sp³-hybridized carbons (Fsp3) is 0.526. The molecular weight excluding hydrogens is 823 g/mol. The lowest BCUT2D eigenvalue weighted by atomic mass is 9.61. The molecule has 0 N–H and O–H groups in total. The van der Waals surface area contributed by atoms with Gasteiger partial charge in [-0.3, -0.25) is 14.7 Å². The van der Waals surface area contributed by atoms with E-state index in [9.17, 15) is 29.7 Å². The summed E-state index contributed by atoms with van der Waals surface area (Å²) in [5, 5.41) is 42.7. The summed E-state index contributed by atoms with van der Waals surface area (Å²) in [6.07, 6.45) is 2.65. The maximum Gasteiger partial charge on any atom is 0.0725 e. The predicted octanol–water partition coefficient (Wildman–Crippen LogP) is 8.59. The Labute approximate surface area is 394 Å². The van der Waals surface area contributed by atoms with Crippen LogP contribution in [0.2, 0.25) is 0 Å². The number of carboxylic acids is 3. The fourth-order valence-electron chi connectivity index (χ4n) is 13.9. The van der Waals surface area contributed by atoms with Crippen LogP contribution in [0.1, 0.15) is 204 Å². The summed E-state index contributed by atoms with van der Waals surface area (Å²) in [6, 6.07) is 30.7. The molecule has 0 radical (unpaired) electrons. The fourth-order valence-corrected chi connectivity index (χ4v) is 13.9. The van der Waals surface area contributed by atoms with Crippen LogP contribution in [0.25, 0.3) is 0 Å². The monoisotopic (exact) mass is 895 g/mol. The van der Waals surface area contributed by atoms with Crippen LogP contribution in [0.3, 0.4) is 0 Å². The van der Waals surface area contributed by atoms with Crippen LogP contribution in [-0.2, 0) is 19.6 Å². The van der Waals surface area contributed by atoms with Gasteiger partial charge in [-0.05, 0) is 173 Å². The van der Waals surface area contributed by atoms with Crippen molar-refractivity contribution in [1.82, 2.24) is 14.7 Å². The maximum absolute atomic E-state index is 14.5. The summed E-state index contributed by atoms with van der Waals surface area (Å²) >= 11 is 0. The van der Waals surface area contributed by atoms with Gasteiger partial charge in [-0.2, -0.15) is 0 Å². The Morgan fingerprint density at radius 2 is 0.591 bits per heavy atom. The number of rotatable bonds is 12. The molecule has 3 saturated heterocycles. The number of likely N-dealkylation sites (tertiary alicyclic amines) is 3. The van der Waals surface area contributed by atoms with Gasteiger partial charge in [0.05, 0.1) is 17.9 Å². The van der Waals surface area contributed by atoms with Crippen LogP contribution in [0, 0.1) is 0 Å². The van der Waals surface area contributed by atoms with Crippen LogP contribution in [0.5, 0.6) is 0 Å². The zero-order valence-corrected chi connectivity index (χ0v) is 41.5. The summed E-state index contributed by atoms with van der Waals surface area (Å²) in [5.74, 6) is -6.49. The van der Waals surface area contributed by atoms with Gasteiger partial charge >= 0.3 is 0 Å². The van der Waals surface area contributed by atoms with Gasteiger partial charge in [-0.1, -0.05) is 91.0 Å². The topological polar surface area (TPSA) is 130 Å². The summed E-state index contributed by atoms with van der Waals surface area (Å²) in [5.41, 5.74) is -0.238. The second-order valence-corrected chi connectivity index (χ2v) is 23.6. The van der Waals surface area contributed by atoms with E-state index in [1.165, 1.54) is 0 Å². The number of carboxylic acid groups (broad SMARTS) is 3. The Kier molecular flexibility index (Phi) is 13.1. The van der Waals surface area contributed by atoms with Gasteiger partial charge < -0.3 is 29.7 Å². The standard InChI is InChI=1S/C57H75N3O6/c1-52(2)28-40(29-53(3,4)58(52)34-37-22-16-13-17-23-37)43-44(41-30-54(5,6)59(55(7,8)31-41)35-38-24-18-14-19-25-38)47(50(63)64)48(51(65)66)45(46(43)49(61)62)42-32-56(9,10)60(57(11,12)33-42)36-39-26-20-15-21-27-39/h13-27,40-42H,28-36H2,1-12H3,(H,61,62)(H,63,64)(H,65,66)/p-3. The van der Waals surface area contributed by atoms with Crippen molar-refractivity contribution in [3.63, 3.8) is 0 Å². The number of hydrogen-bond acceptors (Lipinski definition) is 9. The Morgan fingerprint density at radius 1 is 0.379 bits per heavy atom. The normalized spacial score (nSPS) is 22.2. The Bertz CT molecular complexity index is 2380. The molecule has 9 nitrogen and oxygen atoms in total. The molecule has 3 aliphatic rings. The third kappa shape index (κ3) is 9.50. The van der Waals surface area contributed by atoms with E-state index in [0.717, 1.165) is 16.7 Å². The lowest BCUT2D eigenvalue weighted by Crippen LogP contribution is -2.61. The van der Waals surface area contributed by atoms with Crippen molar-refractivity contribution in [2.45, 2.75) is 192 Å². The van der Waals surface area contributed by atoms with E-state index < -0.39 is 80.0 Å². The molecule has 3 aliphatic heterocycles. The molecule has 0 bridgehead atoms. The van der Waals surface area contributed by atoms with Gasteiger partial charge in [-0.15, -0.1) is 0 Å². The first-order valence-corrected chi connectivity index (χ1v) is 24.0. The minimum Gasteiger partial charge on any atom is -0.545 e. The van der Waals surface area contributed by atoms with Crippen LogP contribution in [0.4, 0.5) is 0 Å². The minimum absolute atomic E-state index is 0.0100. The van der Waals surface area contributed by atoms with Crippen LogP contribution in [0.15, 0.2) is 91.0 Å². The highest BCUT2D eigenvalue weighted by molar-refractivity contribution is 6.07. The lowest BCUT2D eigenvalue weighted by molar-refractivity contribution is -0.260. The smallest absolute Gasteiger partial charge is 0.0725 e. The number of carbonyl (C=O) groups is 3. The quantitative estimate of drug-likeness (QED) is 0.137. The zero-order chi connectivity index (χ0) is 48.4. The summed E-state index contributed by atoms with van der Waals surface area (Å²) in [7, 11) is 0. The van der Waals surface area contributed by atoms with Crippen molar-refractivity contribution in [3.05, 3.63) is 141 Å². The molecule has 4 aromatic carbocycles. The number of hydrogen-bond donors (Lipinski definition) is 0. The second-order valence-electron chi connectivity index (χ2n) is 23.6. The Hall–Kier alpha value is -4.83. The van der Waals surface area contributed by atoms with E-state index in [-0.39, 0.29) is 16.7 Å². The third-order valence-electron chi connectivity index (χ3n) is 15.9. The van der Waals surface area contributed by atoms with Gasteiger partial charge in [0.25, 0.3) is 0 Å². The zero-order valence-electron chi connectivity index (χ0n) is 41.5. The Morgan fingerprint density at radius 3 is 0.833 bits per heavy atom. The van der Waals surface area contributed by atoms with Crippen molar-refractivity contribution in [2.24, 2.45) is 0 Å². The van der Waals surface area contributed by atoms with Crippen LogP contribution in [-0.4, -0.2) is 65.8 Å². The molecule has 0 aromatic heterocycles. The number of aromatic carboxylic acids is 3. The van der Waals surface area contributed by atoms with Crippen molar-refractivity contribution >= 4 is 17.9 Å². The molecule has 0 atom stereocenters. The van der Waals surface area contributed by atoms with Gasteiger partial charge in [-0.25, -0.2) is 0 Å². The highest BCUT2D eigenvalue weighted by Crippen LogP contribution is 2.56. The molecule has 4 aromatic rings. The summed E-state index contributed by atoms with van der Waals surface area (Å²) in [6.45, 7) is 27.7. The average molecular weight is 895 g/mol. The molecule has 3 fully saturated rings. The summed E-state index contributed by atoms with van der Waals surface area (Å²) in [4.78, 5) is 50.0. The van der Waals surface area contributed by atoms with Crippen molar-refractivity contribution in [2.75, 3.05) is 0 Å². The van der Waals surface area contributed by atoms with Gasteiger partial charge in [0.1, 0.15) is 0 Å². The Balaban J connectivity index is 1.48. The molecule has 3 heterocycles. The van der Waals surface area contributed by atoms with Crippen molar-refractivity contribution < 1.29 is 29.7 Å². The minimum atomic E-state index is -1.71. The van der Waals surface area contributed by atoms with E-state index in [2.05, 4.69) is 134 Å². The summed E-state index contributed by atoms with van der Waals surface area (Å²) < 4.78 is 0. The molecule has 7 rings (SSSR count).